The molecular formula is C17H20O2S2. The van der Waals surface area contributed by atoms with Crippen LogP contribution in [0.15, 0.2) is 60.7 Å². The van der Waals surface area contributed by atoms with Crippen LogP contribution in [0.4, 0.5) is 0 Å². The maximum absolute atomic E-state index is 10.5. The first kappa shape index (κ1) is 19.5. The normalized spacial score (nSPS) is 8.57. The van der Waals surface area contributed by atoms with Crippen LogP contribution in [0.2, 0.25) is 0 Å². The van der Waals surface area contributed by atoms with Gasteiger partial charge in [-0.3, -0.25) is 9.59 Å². The van der Waals surface area contributed by atoms with Crippen LogP contribution in [-0.2, 0) is 0 Å². The molecule has 2 nitrogen and oxygen atoms in total. The van der Waals surface area contributed by atoms with E-state index in [0.29, 0.717) is 11.1 Å². The standard InChI is InChI=1S/2C7H6OS.C3H8/c2*8-7(9)6-4-2-1-3-5-6;1-3-2/h2*1-5H,(H,8,9);3H2,1-2H3. The molecule has 0 saturated heterocycles. The summed E-state index contributed by atoms with van der Waals surface area (Å²) in [6.07, 6.45) is 1.25. The molecule has 4 heteroatoms. The number of benzene rings is 2. The van der Waals surface area contributed by atoms with Gasteiger partial charge < -0.3 is 0 Å². The molecule has 0 saturated carbocycles. The molecule has 0 unspecified atom stereocenters. The summed E-state index contributed by atoms with van der Waals surface area (Å²) in [6, 6.07) is 17.9. The van der Waals surface area contributed by atoms with Gasteiger partial charge in [0.25, 0.3) is 0 Å². The number of hydrogen-bond donors (Lipinski definition) is 2. The summed E-state index contributed by atoms with van der Waals surface area (Å²) >= 11 is 7.30. The maximum Gasteiger partial charge on any atom is 0.216 e. The van der Waals surface area contributed by atoms with Crippen LogP contribution in [0.25, 0.3) is 0 Å². The third-order valence-electron chi connectivity index (χ3n) is 2.04. The predicted molar refractivity (Wildman–Crippen MR) is 95.5 cm³/mol. The topological polar surface area (TPSA) is 34.1 Å². The van der Waals surface area contributed by atoms with Gasteiger partial charge in [-0.1, -0.05) is 80.9 Å². The van der Waals surface area contributed by atoms with Crippen molar-refractivity contribution in [2.75, 3.05) is 0 Å². The summed E-state index contributed by atoms with van der Waals surface area (Å²) in [5.74, 6) is 0. The van der Waals surface area contributed by atoms with Crippen molar-refractivity contribution in [1.29, 1.82) is 0 Å². The van der Waals surface area contributed by atoms with Crippen molar-refractivity contribution in [3.63, 3.8) is 0 Å². The molecule has 0 aliphatic carbocycles. The van der Waals surface area contributed by atoms with Crippen molar-refractivity contribution in [2.45, 2.75) is 20.3 Å². The lowest BCUT2D eigenvalue weighted by molar-refractivity contribution is 0.108. The zero-order valence-corrected chi connectivity index (χ0v) is 14.0. The lowest BCUT2D eigenvalue weighted by Crippen LogP contribution is -1.84. The van der Waals surface area contributed by atoms with Crippen molar-refractivity contribution in [1.82, 2.24) is 0 Å². The van der Waals surface area contributed by atoms with E-state index in [1.54, 1.807) is 24.3 Å². The zero-order valence-electron chi connectivity index (χ0n) is 12.2. The molecule has 0 atom stereocenters. The Kier molecular flexibility index (Phi) is 11.4. The molecule has 0 aromatic heterocycles. The van der Waals surface area contributed by atoms with Gasteiger partial charge in [0, 0.05) is 11.1 Å². The van der Waals surface area contributed by atoms with Crippen LogP contribution >= 0.6 is 25.3 Å². The van der Waals surface area contributed by atoms with Gasteiger partial charge >= 0.3 is 0 Å². The number of hydrogen-bond acceptors (Lipinski definition) is 2. The van der Waals surface area contributed by atoms with E-state index in [2.05, 4.69) is 39.1 Å². The Bertz CT molecular complexity index is 476. The molecule has 0 radical (unpaired) electrons. The summed E-state index contributed by atoms with van der Waals surface area (Å²) in [6.45, 7) is 4.25. The van der Waals surface area contributed by atoms with Crippen LogP contribution in [0.5, 0.6) is 0 Å². The second kappa shape index (κ2) is 12.2. The fourth-order valence-electron chi connectivity index (χ4n) is 1.16. The molecule has 0 aliphatic heterocycles. The fraction of sp³-hybridized carbons (Fsp3) is 0.176. The Hall–Kier alpha value is -1.52. The van der Waals surface area contributed by atoms with Gasteiger partial charge in [0.1, 0.15) is 0 Å². The van der Waals surface area contributed by atoms with Gasteiger partial charge in [-0.2, -0.15) is 0 Å². The summed E-state index contributed by atoms with van der Waals surface area (Å²) < 4.78 is 0. The van der Waals surface area contributed by atoms with E-state index in [1.807, 2.05) is 36.4 Å². The molecule has 2 aromatic rings. The molecular weight excluding hydrogens is 300 g/mol. The smallest absolute Gasteiger partial charge is 0.216 e. The Labute approximate surface area is 137 Å². The van der Waals surface area contributed by atoms with E-state index < -0.39 is 0 Å². The van der Waals surface area contributed by atoms with Gasteiger partial charge in [0.05, 0.1) is 0 Å². The molecule has 0 N–H and O–H groups in total. The van der Waals surface area contributed by atoms with Crippen molar-refractivity contribution >= 4 is 35.5 Å². The Morgan fingerprint density at radius 3 is 1.10 bits per heavy atom. The van der Waals surface area contributed by atoms with Crippen LogP contribution in [0, 0.1) is 0 Å². The molecule has 0 amide bonds. The van der Waals surface area contributed by atoms with Gasteiger partial charge in [0.2, 0.25) is 10.2 Å². The van der Waals surface area contributed by atoms with Crippen molar-refractivity contribution in [2.24, 2.45) is 0 Å². The first-order valence-electron chi connectivity index (χ1n) is 6.59. The second-order valence-electron chi connectivity index (χ2n) is 4.05. The van der Waals surface area contributed by atoms with Gasteiger partial charge in [-0.15, -0.1) is 25.3 Å². The zero-order chi connectivity index (χ0) is 16.1. The predicted octanol–water partition coefficient (Wildman–Crippen LogP) is 4.93. The van der Waals surface area contributed by atoms with Crippen LogP contribution in [-0.4, -0.2) is 10.2 Å². The third-order valence-corrected chi connectivity index (χ3v) is 2.56. The molecule has 112 valence electrons. The molecule has 0 bridgehead atoms. The number of carbonyl (C=O) groups excluding carboxylic acids is 2. The Morgan fingerprint density at radius 1 is 0.714 bits per heavy atom. The van der Waals surface area contributed by atoms with Gasteiger partial charge in [-0.25, -0.2) is 0 Å². The molecule has 2 rings (SSSR count). The van der Waals surface area contributed by atoms with Crippen LogP contribution in [0.3, 0.4) is 0 Å². The van der Waals surface area contributed by atoms with Gasteiger partial charge in [0.15, 0.2) is 0 Å². The minimum Gasteiger partial charge on any atom is -0.282 e. The fourth-order valence-corrected chi connectivity index (χ4v) is 1.46. The maximum atomic E-state index is 10.5. The quantitative estimate of drug-likeness (QED) is 0.769. The molecule has 0 fully saturated rings. The van der Waals surface area contributed by atoms with Gasteiger partial charge in [-0.05, 0) is 0 Å². The Balaban J connectivity index is 0.000000322. The molecule has 0 heterocycles. The average molecular weight is 320 g/mol. The Morgan fingerprint density at radius 2 is 0.952 bits per heavy atom. The largest absolute Gasteiger partial charge is 0.282 e. The molecule has 0 spiro atoms. The summed E-state index contributed by atoms with van der Waals surface area (Å²) in [4.78, 5) is 21.0. The van der Waals surface area contributed by atoms with Crippen molar-refractivity contribution < 1.29 is 9.59 Å². The first-order chi connectivity index (χ1) is 10.0. The van der Waals surface area contributed by atoms with E-state index in [9.17, 15) is 9.59 Å². The van der Waals surface area contributed by atoms with Crippen LogP contribution in [0.1, 0.15) is 41.0 Å². The minimum atomic E-state index is -0.185. The summed E-state index contributed by atoms with van der Waals surface area (Å²) in [7, 11) is 0. The van der Waals surface area contributed by atoms with Crippen molar-refractivity contribution in [3.8, 4) is 0 Å². The number of carbonyl (C=O) groups is 2. The van der Waals surface area contributed by atoms with Crippen molar-refractivity contribution in [3.05, 3.63) is 71.8 Å². The first-order valence-corrected chi connectivity index (χ1v) is 7.49. The molecule has 21 heavy (non-hydrogen) atoms. The lowest BCUT2D eigenvalue weighted by atomic mass is 10.2. The minimum absolute atomic E-state index is 0.185. The number of rotatable bonds is 2. The lowest BCUT2D eigenvalue weighted by Gasteiger charge is -1.88. The highest BCUT2D eigenvalue weighted by atomic mass is 32.1. The second-order valence-corrected chi connectivity index (χ2v) is 4.86. The SMILES string of the molecule is CCC.O=C(S)c1ccccc1.O=C(S)c1ccccc1. The van der Waals surface area contributed by atoms with E-state index in [1.165, 1.54) is 6.42 Å². The van der Waals surface area contributed by atoms with Crippen LogP contribution < -0.4 is 0 Å². The van der Waals surface area contributed by atoms with E-state index in [0.717, 1.165) is 0 Å². The van der Waals surface area contributed by atoms with E-state index in [4.69, 9.17) is 0 Å². The molecule has 0 aliphatic rings. The molecule has 2 aromatic carbocycles. The summed E-state index contributed by atoms with van der Waals surface area (Å²) in [5.41, 5.74) is 1.28. The number of thiol groups is 2. The monoisotopic (exact) mass is 320 g/mol. The average Bonchev–Trinajstić information content (AvgIpc) is 2.50. The highest BCUT2D eigenvalue weighted by Gasteiger charge is 1.94. The summed E-state index contributed by atoms with van der Waals surface area (Å²) in [5, 5.41) is -0.369. The highest BCUT2D eigenvalue weighted by Crippen LogP contribution is 2.01. The highest BCUT2D eigenvalue weighted by molar-refractivity contribution is 7.97. The van der Waals surface area contributed by atoms with E-state index >= 15 is 0 Å². The third kappa shape index (κ3) is 9.93. The van der Waals surface area contributed by atoms with E-state index in [-0.39, 0.29) is 10.2 Å².